The molecule has 3 heteroatoms. The Balaban J connectivity index is 1.79. The van der Waals surface area contributed by atoms with E-state index in [1.54, 1.807) is 0 Å². The van der Waals surface area contributed by atoms with E-state index < -0.39 is 0 Å². The van der Waals surface area contributed by atoms with Crippen LogP contribution in [0.2, 0.25) is 0 Å². The third-order valence-corrected chi connectivity index (χ3v) is 5.32. The van der Waals surface area contributed by atoms with Gasteiger partial charge in [-0.1, -0.05) is 20.8 Å². The molecule has 0 aromatic heterocycles. The van der Waals surface area contributed by atoms with Crippen LogP contribution >= 0.6 is 0 Å². The van der Waals surface area contributed by atoms with Crippen LogP contribution in [0.3, 0.4) is 0 Å². The summed E-state index contributed by atoms with van der Waals surface area (Å²) < 4.78 is 6.20. The zero-order valence-electron chi connectivity index (χ0n) is 14.0. The Kier molecular flexibility index (Phi) is 5.88. The first-order valence-electron chi connectivity index (χ1n) is 8.61. The van der Waals surface area contributed by atoms with Gasteiger partial charge in [-0.3, -0.25) is 4.90 Å². The van der Waals surface area contributed by atoms with Crippen molar-refractivity contribution in [2.75, 3.05) is 39.8 Å². The van der Waals surface area contributed by atoms with Gasteiger partial charge in [-0.25, -0.2) is 0 Å². The maximum atomic E-state index is 6.20. The van der Waals surface area contributed by atoms with E-state index in [4.69, 9.17) is 4.74 Å². The summed E-state index contributed by atoms with van der Waals surface area (Å²) in [5, 5.41) is 0. The van der Waals surface area contributed by atoms with E-state index in [9.17, 15) is 0 Å². The minimum atomic E-state index is 0.184. The third kappa shape index (κ3) is 4.19. The van der Waals surface area contributed by atoms with Crippen LogP contribution in [0.1, 0.15) is 52.9 Å². The molecular weight excluding hydrogens is 248 g/mol. The molecule has 0 unspecified atom stereocenters. The fourth-order valence-corrected chi connectivity index (χ4v) is 3.71. The van der Waals surface area contributed by atoms with Gasteiger partial charge in [0.1, 0.15) is 0 Å². The zero-order chi connectivity index (χ0) is 14.6. The highest BCUT2D eigenvalue weighted by molar-refractivity contribution is 4.94. The van der Waals surface area contributed by atoms with Gasteiger partial charge in [0.05, 0.1) is 12.2 Å². The molecule has 2 fully saturated rings. The second-order valence-electron chi connectivity index (χ2n) is 7.29. The Morgan fingerprint density at radius 3 is 2.60 bits per heavy atom. The van der Waals surface area contributed by atoms with E-state index >= 15 is 0 Å². The van der Waals surface area contributed by atoms with Crippen molar-refractivity contribution in [1.29, 1.82) is 0 Å². The Morgan fingerprint density at radius 2 is 2.00 bits per heavy atom. The Hall–Kier alpha value is -0.120. The quantitative estimate of drug-likeness (QED) is 0.771. The molecule has 0 atom stereocenters. The molecule has 1 aliphatic heterocycles. The Bertz CT molecular complexity index is 285. The lowest BCUT2D eigenvalue weighted by molar-refractivity contribution is -0.132. The van der Waals surface area contributed by atoms with Gasteiger partial charge in [-0.15, -0.1) is 0 Å². The maximum absolute atomic E-state index is 6.20. The van der Waals surface area contributed by atoms with E-state index in [0.717, 1.165) is 31.7 Å². The van der Waals surface area contributed by atoms with E-state index in [1.807, 2.05) is 0 Å². The van der Waals surface area contributed by atoms with Crippen LogP contribution in [0.25, 0.3) is 0 Å². The minimum absolute atomic E-state index is 0.184. The lowest BCUT2D eigenvalue weighted by Gasteiger charge is -2.47. The van der Waals surface area contributed by atoms with E-state index in [-0.39, 0.29) is 5.60 Å². The van der Waals surface area contributed by atoms with Crippen LogP contribution < -0.4 is 0 Å². The summed E-state index contributed by atoms with van der Waals surface area (Å²) in [6, 6.07) is 0.778. The van der Waals surface area contributed by atoms with Crippen LogP contribution in [-0.4, -0.2) is 61.3 Å². The summed E-state index contributed by atoms with van der Waals surface area (Å²) in [4.78, 5) is 5.15. The molecule has 0 N–H and O–H groups in total. The molecule has 1 aliphatic carbocycles. The largest absolute Gasteiger partial charge is 0.372 e. The fraction of sp³-hybridized carbons (Fsp3) is 1.00. The maximum Gasteiger partial charge on any atom is 0.0810 e. The van der Waals surface area contributed by atoms with Gasteiger partial charge in [0.25, 0.3) is 0 Å². The molecule has 2 aliphatic rings. The molecule has 1 heterocycles. The van der Waals surface area contributed by atoms with Gasteiger partial charge < -0.3 is 9.64 Å². The second kappa shape index (κ2) is 7.24. The molecule has 3 nitrogen and oxygen atoms in total. The second-order valence-corrected chi connectivity index (χ2v) is 7.29. The van der Waals surface area contributed by atoms with Gasteiger partial charge in [-0.2, -0.15) is 0 Å². The average Bonchev–Trinajstić information content (AvgIpc) is 2.45. The summed E-state index contributed by atoms with van der Waals surface area (Å²) in [5.41, 5.74) is 0.184. The number of likely N-dealkylation sites (N-methyl/N-ethyl adjacent to an activating group) is 1. The first-order valence-corrected chi connectivity index (χ1v) is 8.61. The van der Waals surface area contributed by atoms with Crippen molar-refractivity contribution in [2.45, 2.75) is 64.5 Å². The first-order chi connectivity index (χ1) is 9.54. The Morgan fingerprint density at radius 1 is 1.30 bits per heavy atom. The Labute approximate surface area is 125 Å². The number of hydrogen-bond acceptors (Lipinski definition) is 3. The molecule has 20 heavy (non-hydrogen) atoms. The first kappa shape index (κ1) is 16.3. The highest BCUT2D eigenvalue weighted by Crippen LogP contribution is 2.36. The minimum Gasteiger partial charge on any atom is -0.372 e. The smallest absolute Gasteiger partial charge is 0.0810 e. The van der Waals surface area contributed by atoms with Gasteiger partial charge in [-0.05, 0) is 58.2 Å². The number of rotatable bonds is 5. The summed E-state index contributed by atoms with van der Waals surface area (Å²) in [6.45, 7) is 12.5. The van der Waals surface area contributed by atoms with Crippen LogP contribution in [0.4, 0.5) is 0 Å². The van der Waals surface area contributed by atoms with Crippen molar-refractivity contribution in [3.05, 3.63) is 0 Å². The van der Waals surface area contributed by atoms with E-state index in [0.29, 0.717) is 0 Å². The van der Waals surface area contributed by atoms with Crippen LogP contribution in [0.15, 0.2) is 0 Å². The van der Waals surface area contributed by atoms with Crippen molar-refractivity contribution in [2.24, 2.45) is 5.92 Å². The highest BCUT2D eigenvalue weighted by atomic mass is 16.5. The number of morpholine rings is 1. The number of hydrogen-bond donors (Lipinski definition) is 0. The molecule has 0 amide bonds. The third-order valence-electron chi connectivity index (χ3n) is 5.32. The molecule has 0 aromatic rings. The predicted molar refractivity (Wildman–Crippen MR) is 85.1 cm³/mol. The van der Waals surface area contributed by atoms with E-state index in [2.05, 4.69) is 37.6 Å². The van der Waals surface area contributed by atoms with Crippen LogP contribution in [0, 0.1) is 5.92 Å². The highest BCUT2D eigenvalue weighted by Gasteiger charge is 2.40. The summed E-state index contributed by atoms with van der Waals surface area (Å²) in [7, 11) is 2.31. The zero-order valence-corrected chi connectivity index (χ0v) is 14.0. The van der Waals surface area contributed by atoms with Crippen LogP contribution in [-0.2, 0) is 4.74 Å². The fourth-order valence-electron chi connectivity index (χ4n) is 3.71. The molecular formula is C17H34N2O. The predicted octanol–water partition coefficient (Wildman–Crippen LogP) is 3.00. The lowest BCUT2D eigenvalue weighted by atomic mass is 9.80. The molecule has 0 aromatic carbocycles. The number of nitrogens with zero attached hydrogens (tertiary/aromatic N) is 2. The average molecular weight is 282 g/mol. The van der Waals surface area contributed by atoms with Crippen LogP contribution in [0.5, 0.6) is 0 Å². The number of ether oxygens (including phenoxy) is 1. The van der Waals surface area contributed by atoms with Gasteiger partial charge in [0.15, 0.2) is 0 Å². The van der Waals surface area contributed by atoms with Crippen molar-refractivity contribution in [3.63, 3.8) is 0 Å². The lowest BCUT2D eigenvalue weighted by Crippen LogP contribution is -2.54. The summed E-state index contributed by atoms with van der Waals surface area (Å²) in [6.07, 6.45) is 6.44. The van der Waals surface area contributed by atoms with E-state index in [1.165, 1.54) is 45.2 Å². The summed E-state index contributed by atoms with van der Waals surface area (Å²) in [5.74, 6) is 0.812. The van der Waals surface area contributed by atoms with Crippen molar-refractivity contribution >= 4 is 0 Å². The summed E-state index contributed by atoms with van der Waals surface area (Å²) >= 11 is 0. The molecule has 1 saturated heterocycles. The SMILES string of the molecule is CCN1CCO[C@]2(CC[C@H](N(C)CCC(C)C)CC2)C1. The van der Waals surface area contributed by atoms with Gasteiger partial charge in [0, 0.05) is 19.1 Å². The normalized spacial score (nSPS) is 32.4. The van der Waals surface area contributed by atoms with Gasteiger partial charge in [0.2, 0.25) is 0 Å². The monoisotopic (exact) mass is 282 g/mol. The topological polar surface area (TPSA) is 15.7 Å². The van der Waals surface area contributed by atoms with Crippen molar-refractivity contribution < 1.29 is 4.74 Å². The van der Waals surface area contributed by atoms with Gasteiger partial charge >= 0.3 is 0 Å². The van der Waals surface area contributed by atoms with Crippen molar-refractivity contribution in [3.8, 4) is 0 Å². The molecule has 1 saturated carbocycles. The standard InChI is InChI=1S/C17H34N2O/c1-5-19-12-13-20-17(14-19)9-6-16(7-10-17)18(4)11-8-15(2)3/h15-16H,5-14H2,1-4H3/t16-,17-. The van der Waals surface area contributed by atoms with Crippen molar-refractivity contribution in [1.82, 2.24) is 9.80 Å². The molecule has 2 rings (SSSR count). The molecule has 0 bridgehead atoms. The molecule has 118 valence electrons. The molecule has 1 spiro atoms. The molecule has 0 radical (unpaired) electrons.